The summed E-state index contributed by atoms with van der Waals surface area (Å²) in [6.07, 6.45) is 6.06. The summed E-state index contributed by atoms with van der Waals surface area (Å²) in [7, 11) is 0. The van der Waals surface area contributed by atoms with Gasteiger partial charge in [-0.3, -0.25) is 9.59 Å². The van der Waals surface area contributed by atoms with Gasteiger partial charge in [-0.2, -0.15) is 0 Å². The number of Topliss-reactive ketones (excluding diaryl/α,β-unsaturated/α-hetero) is 1. The van der Waals surface area contributed by atoms with E-state index < -0.39 is 0 Å². The number of phenols is 1. The van der Waals surface area contributed by atoms with E-state index in [9.17, 15) is 14.7 Å². The Morgan fingerprint density at radius 1 is 1.13 bits per heavy atom. The van der Waals surface area contributed by atoms with Crippen LogP contribution >= 0.6 is 0 Å². The van der Waals surface area contributed by atoms with Gasteiger partial charge >= 0.3 is 0 Å². The van der Waals surface area contributed by atoms with Crippen LogP contribution in [0.15, 0.2) is 51.7 Å². The van der Waals surface area contributed by atoms with Crippen LogP contribution in [0.3, 0.4) is 0 Å². The molecule has 0 saturated carbocycles. The van der Waals surface area contributed by atoms with Gasteiger partial charge in [0.1, 0.15) is 40.6 Å². The highest BCUT2D eigenvalue weighted by Crippen LogP contribution is 2.33. The van der Waals surface area contributed by atoms with Crippen molar-refractivity contribution in [1.82, 2.24) is 0 Å². The molecule has 1 heterocycles. The molecule has 0 radical (unpaired) electrons. The van der Waals surface area contributed by atoms with E-state index in [1.165, 1.54) is 25.1 Å². The van der Waals surface area contributed by atoms with Gasteiger partial charge in [0.2, 0.25) is 0 Å². The lowest BCUT2D eigenvalue weighted by molar-refractivity contribution is -0.118. The number of hydrogen-bond donors (Lipinski definition) is 1. The number of ether oxygens (including phenoxy) is 2. The Bertz CT molecular complexity index is 1170. The summed E-state index contributed by atoms with van der Waals surface area (Å²) >= 11 is 0. The number of rotatable bonds is 9. The molecule has 3 rings (SSSR count). The fraction of sp³-hybridized carbons (Fsp3) is 0.280. The van der Waals surface area contributed by atoms with E-state index in [1.807, 2.05) is 31.2 Å². The third-order valence-electron chi connectivity index (χ3n) is 4.57. The lowest BCUT2D eigenvalue weighted by Gasteiger charge is -2.11. The lowest BCUT2D eigenvalue weighted by Crippen LogP contribution is -2.07. The van der Waals surface area contributed by atoms with Gasteiger partial charge in [0, 0.05) is 29.3 Å². The SMILES string of the molecule is CCC/C=C/c1cc(-c2cc(=O)c3c(O)cc(OCC(C)=O)cc3o2)ccc1OCC. The highest BCUT2D eigenvalue weighted by Gasteiger charge is 2.14. The molecule has 0 aliphatic rings. The topological polar surface area (TPSA) is 86.0 Å². The van der Waals surface area contributed by atoms with Gasteiger partial charge in [0.15, 0.2) is 11.2 Å². The summed E-state index contributed by atoms with van der Waals surface area (Å²) in [5, 5.41) is 10.3. The Kier molecular flexibility index (Phi) is 7.13. The van der Waals surface area contributed by atoms with E-state index in [-0.39, 0.29) is 40.3 Å². The summed E-state index contributed by atoms with van der Waals surface area (Å²) in [6.45, 7) is 5.84. The Morgan fingerprint density at radius 3 is 2.65 bits per heavy atom. The van der Waals surface area contributed by atoms with Crippen LogP contribution in [0.5, 0.6) is 17.2 Å². The van der Waals surface area contributed by atoms with Gasteiger partial charge in [0.25, 0.3) is 0 Å². The molecule has 31 heavy (non-hydrogen) atoms. The molecule has 3 aromatic rings. The van der Waals surface area contributed by atoms with Crippen molar-refractivity contribution in [2.45, 2.75) is 33.6 Å². The molecule has 1 aromatic heterocycles. The highest BCUT2D eigenvalue weighted by atomic mass is 16.5. The monoisotopic (exact) mass is 422 g/mol. The van der Waals surface area contributed by atoms with E-state index in [1.54, 1.807) is 0 Å². The fourth-order valence-corrected chi connectivity index (χ4v) is 3.15. The Hall–Kier alpha value is -3.54. The smallest absolute Gasteiger partial charge is 0.197 e. The Labute approximate surface area is 180 Å². The number of allylic oxidation sites excluding steroid dienone is 1. The number of carbonyl (C=O) groups is 1. The number of hydrogen-bond acceptors (Lipinski definition) is 6. The minimum absolute atomic E-state index is 0.0629. The van der Waals surface area contributed by atoms with Crippen molar-refractivity contribution in [3.8, 4) is 28.6 Å². The standard InChI is InChI=1S/C25H26O6/c1-4-6-7-8-17-11-18(9-10-22(17)29-5-2)23-14-21(28)25-20(27)12-19(13-24(25)31-23)30-15-16(3)26/h7-14,27H,4-6,15H2,1-3H3/b8-7+. The first-order valence-corrected chi connectivity index (χ1v) is 10.3. The molecule has 0 aliphatic carbocycles. The second kappa shape index (κ2) is 9.98. The van der Waals surface area contributed by atoms with Crippen molar-refractivity contribution >= 4 is 22.8 Å². The zero-order chi connectivity index (χ0) is 22.4. The van der Waals surface area contributed by atoms with E-state index >= 15 is 0 Å². The zero-order valence-corrected chi connectivity index (χ0v) is 17.9. The quantitative estimate of drug-likeness (QED) is 0.501. The van der Waals surface area contributed by atoms with Crippen molar-refractivity contribution in [3.05, 3.63) is 58.3 Å². The van der Waals surface area contributed by atoms with E-state index in [4.69, 9.17) is 13.9 Å². The second-order valence-corrected chi connectivity index (χ2v) is 7.16. The predicted octanol–water partition coefficient (Wildman–Crippen LogP) is 5.35. The molecular weight excluding hydrogens is 396 g/mol. The summed E-state index contributed by atoms with van der Waals surface area (Å²) in [4.78, 5) is 23.9. The van der Waals surface area contributed by atoms with E-state index in [0.29, 0.717) is 17.9 Å². The van der Waals surface area contributed by atoms with Gasteiger partial charge < -0.3 is 19.0 Å². The van der Waals surface area contributed by atoms with E-state index in [0.717, 1.165) is 24.2 Å². The van der Waals surface area contributed by atoms with Crippen LogP contribution in [0.25, 0.3) is 28.4 Å². The second-order valence-electron chi connectivity index (χ2n) is 7.16. The number of unbranched alkanes of at least 4 members (excludes halogenated alkanes) is 1. The molecule has 0 saturated heterocycles. The minimum atomic E-state index is -0.371. The molecule has 0 unspecified atom stereocenters. The summed E-state index contributed by atoms with van der Waals surface area (Å²) in [5.41, 5.74) is 1.40. The first-order chi connectivity index (χ1) is 14.9. The summed E-state index contributed by atoms with van der Waals surface area (Å²) < 4.78 is 17.0. The van der Waals surface area contributed by atoms with Crippen molar-refractivity contribution < 1.29 is 23.8 Å². The normalized spacial score (nSPS) is 11.2. The van der Waals surface area contributed by atoms with Crippen LogP contribution in [-0.2, 0) is 4.79 Å². The molecule has 6 nitrogen and oxygen atoms in total. The third-order valence-corrected chi connectivity index (χ3v) is 4.57. The molecule has 0 atom stereocenters. The van der Waals surface area contributed by atoms with Crippen LogP contribution in [-0.4, -0.2) is 24.1 Å². The molecule has 6 heteroatoms. The molecule has 2 aromatic carbocycles. The predicted molar refractivity (Wildman–Crippen MR) is 121 cm³/mol. The van der Waals surface area contributed by atoms with Gasteiger partial charge in [-0.1, -0.05) is 25.5 Å². The average molecular weight is 422 g/mol. The highest BCUT2D eigenvalue weighted by molar-refractivity contribution is 5.86. The molecular formula is C25H26O6. The third kappa shape index (κ3) is 5.34. The van der Waals surface area contributed by atoms with Crippen LogP contribution < -0.4 is 14.9 Å². The van der Waals surface area contributed by atoms with Crippen LogP contribution in [0.4, 0.5) is 0 Å². The molecule has 0 spiro atoms. The van der Waals surface area contributed by atoms with Crippen molar-refractivity contribution in [1.29, 1.82) is 0 Å². The first kappa shape index (κ1) is 22.2. The van der Waals surface area contributed by atoms with Crippen molar-refractivity contribution in [2.75, 3.05) is 13.2 Å². The lowest BCUT2D eigenvalue weighted by atomic mass is 10.1. The number of aromatic hydroxyl groups is 1. The summed E-state index contributed by atoms with van der Waals surface area (Å²) in [6, 6.07) is 9.72. The van der Waals surface area contributed by atoms with Crippen LogP contribution in [0, 0.1) is 0 Å². The number of benzene rings is 2. The molecule has 0 aliphatic heterocycles. The number of ketones is 1. The largest absolute Gasteiger partial charge is 0.507 e. The van der Waals surface area contributed by atoms with Crippen molar-refractivity contribution in [2.24, 2.45) is 0 Å². The number of carbonyl (C=O) groups excluding carboxylic acids is 1. The first-order valence-electron chi connectivity index (χ1n) is 10.3. The van der Waals surface area contributed by atoms with E-state index in [2.05, 4.69) is 13.0 Å². The van der Waals surface area contributed by atoms with Gasteiger partial charge in [0.05, 0.1) is 6.61 Å². The van der Waals surface area contributed by atoms with Gasteiger partial charge in [-0.25, -0.2) is 0 Å². The maximum absolute atomic E-state index is 12.7. The molecule has 1 N–H and O–H groups in total. The van der Waals surface area contributed by atoms with Crippen LogP contribution in [0.2, 0.25) is 0 Å². The van der Waals surface area contributed by atoms with Crippen LogP contribution in [0.1, 0.15) is 39.2 Å². The Morgan fingerprint density at radius 2 is 1.94 bits per heavy atom. The molecule has 0 fully saturated rings. The maximum Gasteiger partial charge on any atom is 0.197 e. The fourth-order valence-electron chi connectivity index (χ4n) is 3.15. The maximum atomic E-state index is 12.7. The average Bonchev–Trinajstić information content (AvgIpc) is 2.73. The summed E-state index contributed by atoms with van der Waals surface area (Å²) in [5.74, 6) is 0.933. The minimum Gasteiger partial charge on any atom is -0.507 e. The molecule has 0 amide bonds. The zero-order valence-electron chi connectivity index (χ0n) is 17.9. The van der Waals surface area contributed by atoms with Gasteiger partial charge in [-0.05, 0) is 38.5 Å². The Balaban J connectivity index is 2.08. The van der Waals surface area contributed by atoms with Crippen molar-refractivity contribution in [3.63, 3.8) is 0 Å². The number of phenolic OH excluding ortho intramolecular Hbond substituents is 1. The number of fused-ring (bicyclic) bond motifs is 1. The molecule has 162 valence electrons. The van der Waals surface area contributed by atoms with Gasteiger partial charge in [-0.15, -0.1) is 0 Å². The molecule has 0 bridgehead atoms.